The molecule has 7 nitrogen and oxygen atoms in total. The van der Waals surface area contributed by atoms with Gasteiger partial charge in [-0.2, -0.15) is 5.10 Å². The standard InChI is InChI=1S/C23H20N4O3/c1-30-18-11-9-16(10-12-18)22(28)25-14-21-19-7-2-3-8-20(19)23(29)27(26-21)15-17-6-4-5-13-24-17/h2-13H,14-15H2,1H3,(H,25,28). The summed E-state index contributed by atoms with van der Waals surface area (Å²) in [5, 5.41) is 8.67. The van der Waals surface area contributed by atoms with Gasteiger partial charge in [-0.25, -0.2) is 4.68 Å². The molecule has 0 saturated heterocycles. The number of amides is 1. The first-order valence-corrected chi connectivity index (χ1v) is 9.46. The zero-order valence-electron chi connectivity index (χ0n) is 16.4. The van der Waals surface area contributed by atoms with Crippen molar-refractivity contribution in [2.45, 2.75) is 13.1 Å². The third-order valence-corrected chi connectivity index (χ3v) is 4.75. The van der Waals surface area contributed by atoms with Gasteiger partial charge in [0.1, 0.15) is 5.75 Å². The molecule has 0 spiro atoms. The molecule has 4 aromatic rings. The topological polar surface area (TPSA) is 86.1 Å². The van der Waals surface area contributed by atoms with E-state index in [1.54, 1.807) is 43.6 Å². The SMILES string of the molecule is COc1ccc(C(=O)NCc2nn(Cc3ccccn3)c(=O)c3ccccc23)cc1. The van der Waals surface area contributed by atoms with E-state index in [0.717, 1.165) is 11.1 Å². The highest BCUT2D eigenvalue weighted by Gasteiger charge is 2.13. The first-order chi connectivity index (χ1) is 14.7. The van der Waals surface area contributed by atoms with Crippen molar-refractivity contribution in [3.63, 3.8) is 0 Å². The van der Waals surface area contributed by atoms with Crippen molar-refractivity contribution in [1.82, 2.24) is 20.1 Å². The highest BCUT2D eigenvalue weighted by molar-refractivity contribution is 5.94. The number of nitrogens with one attached hydrogen (secondary N) is 1. The van der Waals surface area contributed by atoms with Crippen LogP contribution in [0.4, 0.5) is 0 Å². The van der Waals surface area contributed by atoms with E-state index in [0.29, 0.717) is 22.4 Å². The van der Waals surface area contributed by atoms with Crippen LogP contribution in [0.3, 0.4) is 0 Å². The normalized spacial score (nSPS) is 10.7. The van der Waals surface area contributed by atoms with E-state index in [1.807, 2.05) is 36.4 Å². The van der Waals surface area contributed by atoms with E-state index in [9.17, 15) is 9.59 Å². The maximum absolute atomic E-state index is 12.9. The van der Waals surface area contributed by atoms with Crippen molar-refractivity contribution in [2.24, 2.45) is 0 Å². The highest BCUT2D eigenvalue weighted by Crippen LogP contribution is 2.15. The number of carbonyl (C=O) groups is 1. The largest absolute Gasteiger partial charge is 0.497 e. The molecule has 150 valence electrons. The van der Waals surface area contributed by atoms with Crippen LogP contribution in [-0.2, 0) is 13.1 Å². The van der Waals surface area contributed by atoms with Gasteiger partial charge in [0.15, 0.2) is 0 Å². The smallest absolute Gasteiger partial charge is 0.275 e. The average Bonchev–Trinajstić information content (AvgIpc) is 2.80. The number of ether oxygens (including phenoxy) is 1. The molecule has 4 rings (SSSR count). The number of aromatic nitrogens is 3. The molecule has 0 aliphatic carbocycles. The van der Waals surface area contributed by atoms with Gasteiger partial charge in [0, 0.05) is 17.1 Å². The molecule has 2 aromatic carbocycles. The number of hydrogen-bond donors (Lipinski definition) is 1. The number of rotatable bonds is 6. The van der Waals surface area contributed by atoms with E-state index < -0.39 is 0 Å². The van der Waals surface area contributed by atoms with Crippen molar-refractivity contribution in [3.05, 3.63) is 100 Å². The van der Waals surface area contributed by atoms with Gasteiger partial charge in [-0.15, -0.1) is 0 Å². The Balaban J connectivity index is 1.63. The third-order valence-electron chi connectivity index (χ3n) is 4.75. The Morgan fingerprint density at radius 1 is 1.00 bits per heavy atom. The van der Waals surface area contributed by atoms with Crippen LogP contribution in [0.25, 0.3) is 10.8 Å². The minimum absolute atomic E-state index is 0.188. The molecular weight excluding hydrogens is 380 g/mol. The second-order valence-electron chi connectivity index (χ2n) is 6.69. The van der Waals surface area contributed by atoms with Crippen LogP contribution in [-0.4, -0.2) is 27.8 Å². The fraction of sp³-hybridized carbons (Fsp3) is 0.130. The van der Waals surface area contributed by atoms with Gasteiger partial charge in [-0.3, -0.25) is 14.6 Å². The molecule has 0 saturated carbocycles. The summed E-state index contributed by atoms with van der Waals surface area (Å²) in [7, 11) is 1.58. The summed E-state index contributed by atoms with van der Waals surface area (Å²) in [4.78, 5) is 29.7. The number of nitrogens with zero attached hydrogens (tertiary/aromatic N) is 3. The lowest BCUT2D eigenvalue weighted by Gasteiger charge is -2.12. The van der Waals surface area contributed by atoms with Gasteiger partial charge in [0.2, 0.25) is 0 Å². The monoisotopic (exact) mass is 400 g/mol. The zero-order valence-corrected chi connectivity index (χ0v) is 16.4. The van der Waals surface area contributed by atoms with E-state index in [4.69, 9.17) is 4.74 Å². The summed E-state index contributed by atoms with van der Waals surface area (Å²) < 4.78 is 6.51. The van der Waals surface area contributed by atoms with Gasteiger partial charge in [0.25, 0.3) is 11.5 Å². The summed E-state index contributed by atoms with van der Waals surface area (Å²) in [5.41, 5.74) is 1.67. The van der Waals surface area contributed by atoms with Crippen molar-refractivity contribution in [2.75, 3.05) is 7.11 Å². The molecule has 0 unspecified atom stereocenters. The number of methoxy groups -OCH3 is 1. The molecule has 1 amide bonds. The Morgan fingerprint density at radius 3 is 2.43 bits per heavy atom. The Hall–Kier alpha value is -4.00. The minimum atomic E-state index is -0.231. The highest BCUT2D eigenvalue weighted by atomic mass is 16.5. The molecule has 1 N–H and O–H groups in total. The van der Waals surface area contributed by atoms with Gasteiger partial charge < -0.3 is 10.1 Å². The molecule has 0 aliphatic rings. The molecule has 0 radical (unpaired) electrons. The van der Waals surface area contributed by atoms with E-state index in [2.05, 4.69) is 15.4 Å². The number of fused-ring (bicyclic) bond motifs is 1. The quantitative estimate of drug-likeness (QED) is 0.538. The third kappa shape index (κ3) is 4.05. The first-order valence-electron chi connectivity index (χ1n) is 9.46. The van der Waals surface area contributed by atoms with E-state index >= 15 is 0 Å². The number of pyridine rings is 1. The van der Waals surface area contributed by atoms with Gasteiger partial charge >= 0.3 is 0 Å². The molecule has 7 heteroatoms. The van der Waals surface area contributed by atoms with Crippen LogP contribution >= 0.6 is 0 Å². The van der Waals surface area contributed by atoms with E-state index in [1.165, 1.54) is 4.68 Å². The van der Waals surface area contributed by atoms with Gasteiger partial charge in [-0.05, 0) is 42.5 Å². The average molecular weight is 400 g/mol. The molecule has 2 heterocycles. The molecule has 0 fully saturated rings. The lowest BCUT2D eigenvalue weighted by molar-refractivity contribution is 0.0950. The van der Waals surface area contributed by atoms with Crippen LogP contribution in [0.15, 0.2) is 77.7 Å². The lowest BCUT2D eigenvalue weighted by Crippen LogP contribution is -2.29. The maximum Gasteiger partial charge on any atom is 0.275 e. The molecule has 0 aliphatic heterocycles. The van der Waals surface area contributed by atoms with Gasteiger partial charge in [-0.1, -0.05) is 24.3 Å². The zero-order chi connectivity index (χ0) is 20.9. The van der Waals surface area contributed by atoms with Crippen molar-refractivity contribution < 1.29 is 9.53 Å². The molecule has 0 atom stereocenters. The van der Waals surface area contributed by atoms with Crippen LogP contribution in [0.5, 0.6) is 5.75 Å². The Bertz CT molecular complexity index is 1240. The van der Waals surface area contributed by atoms with Crippen LogP contribution in [0, 0.1) is 0 Å². The molecule has 2 aromatic heterocycles. The first kappa shape index (κ1) is 19.3. The van der Waals surface area contributed by atoms with Crippen molar-refractivity contribution in [3.8, 4) is 5.75 Å². The predicted molar refractivity (Wildman–Crippen MR) is 114 cm³/mol. The summed E-state index contributed by atoms with van der Waals surface area (Å²) in [6.45, 7) is 0.442. The lowest BCUT2D eigenvalue weighted by atomic mass is 10.1. The van der Waals surface area contributed by atoms with Gasteiger partial charge in [0.05, 0.1) is 37.0 Å². The Labute approximate surface area is 173 Å². The van der Waals surface area contributed by atoms with Crippen LogP contribution < -0.4 is 15.6 Å². The summed E-state index contributed by atoms with van der Waals surface area (Å²) in [6.07, 6.45) is 1.68. The summed E-state index contributed by atoms with van der Waals surface area (Å²) in [6, 6.07) is 19.6. The maximum atomic E-state index is 12.9. The van der Waals surface area contributed by atoms with Crippen LogP contribution in [0.1, 0.15) is 21.7 Å². The predicted octanol–water partition coefficient (Wildman–Crippen LogP) is 2.78. The second-order valence-corrected chi connectivity index (χ2v) is 6.69. The van der Waals surface area contributed by atoms with Crippen molar-refractivity contribution in [1.29, 1.82) is 0 Å². The molecule has 0 bridgehead atoms. The van der Waals surface area contributed by atoms with Crippen molar-refractivity contribution >= 4 is 16.7 Å². The van der Waals surface area contributed by atoms with E-state index in [-0.39, 0.29) is 24.6 Å². The number of hydrogen-bond acceptors (Lipinski definition) is 5. The number of carbonyl (C=O) groups excluding carboxylic acids is 1. The molecule has 30 heavy (non-hydrogen) atoms. The second kappa shape index (κ2) is 8.57. The summed E-state index contributed by atoms with van der Waals surface area (Å²) >= 11 is 0. The fourth-order valence-electron chi connectivity index (χ4n) is 3.20. The molecular formula is C23H20N4O3. The minimum Gasteiger partial charge on any atom is -0.497 e. The van der Waals surface area contributed by atoms with Crippen LogP contribution in [0.2, 0.25) is 0 Å². The number of benzene rings is 2. The Morgan fingerprint density at radius 2 is 1.73 bits per heavy atom. The summed E-state index contributed by atoms with van der Waals surface area (Å²) in [5.74, 6) is 0.451. The Kier molecular flexibility index (Phi) is 5.52. The fourth-order valence-corrected chi connectivity index (χ4v) is 3.20.